The molecule has 4 nitrogen and oxygen atoms in total. The summed E-state index contributed by atoms with van der Waals surface area (Å²) in [4.78, 5) is 14.4. The number of benzene rings is 1. The van der Waals surface area contributed by atoms with Gasteiger partial charge in [0.25, 0.3) is 0 Å². The lowest BCUT2D eigenvalue weighted by molar-refractivity contribution is -0.105. The second-order valence-electron chi connectivity index (χ2n) is 2.91. The number of rotatable bonds is 3. The van der Waals surface area contributed by atoms with E-state index in [2.05, 4.69) is 10.3 Å². The highest BCUT2D eigenvalue weighted by Gasteiger charge is 2.01. The van der Waals surface area contributed by atoms with Crippen molar-refractivity contribution in [2.45, 2.75) is 0 Å². The van der Waals surface area contributed by atoms with Gasteiger partial charge < -0.3 is 11.1 Å². The minimum absolute atomic E-state index is 0.556. The minimum Gasteiger partial charge on any atom is -0.375 e. The Morgan fingerprint density at radius 3 is 2.60 bits per heavy atom. The lowest BCUT2D eigenvalue weighted by Gasteiger charge is -1.99. The Morgan fingerprint density at radius 2 is 2.07 bits per heavy atom. The van der Waals surface area contributed by atoms with Crippen LogP contribution in [-0.2, 0) is 4.79 Å². The summed E-state index contributed by atoms with van der Waals surface area (Å²) < 4.78 is 0. The molecule has 0 bridgehead atoms. The molecule has 0 atom stereocenters. The number of amides is 1. The second-order valence-corrected chi connectivity index (χ2v) is 3.80. The fourth-order valence-electron chi connectivity index (χ4n) is 1.23. The predicted molar refractivity (Wildman–Crippen MR) is 61.6 cm³/mol. The number of anilines is 2. The molecule has 0 radical (unpaired) electrons. The molecule has 76 valence electrons. The number of aromatic nitrogens is 1. The molecular formula is C10H9N3OS. The molecule has 0 aliphatic heterocycles. The first-order valence-corrected chi connectivity index (χ1v) is 5.19. The maximum Gasteiger partial charge on any atom is 0.211 e. The SMILES string of the molecule is Nc1nc(-c2ccc(NC=O)cc2)cs1. The van der Waals surface area contributed by atoms with Gasteiger partial charge in [-0.05, 0) is 12.1 Å². The fourth-order valence-corrected chi connectivity index (χ4v) is 1.80. The first-order chi connectivity index (χ1) is 7.29. The van der Waals surface area contributed by atoms with E-state index >= 15 is 0 Å². The van der Waals surface area contributed by atoms with Crippen LogP contribution in [0.25, 0.3) is 11.3 Å². The van der Waals surface area contributed by atoms with Crippen molar-refractivity contribution in [2.24, 2.45) is 0 Å². The number of nitrogen functional groups attached to an aromatic ring is 1. The number of nitrogens with two attached hydrogens (primary N) is 1. The van der Waals surface area contributed by atoms with Gasteiger partial charge in [0, 0.05) is 16.6 Å². The number of carbonyl (C=O) groups is 1. The molecule has 2 aromatic rings. The van der Waals surface area contributed by atoms with E-state index in [1.54, 1.807) is 0 Å². The van der Waals surface area contributed by atoms with E-state index < -0.39 is 0 Å². The zero-order valence-corrected chi connectivity index (χ0v) is 8.62. The summed E-state index contributed by atoms with van der Waals surface area (Å²) in [6.07, 6.45) is 0.649. The number of nitrogens with one attached hydrogen (secondary N) is 1. The van der Waals surface area contributed by atoms with Crippen molar-refractivity contribution in [3.05, 3.63) is 29.6 Å². The lowest BCUT2D eigenvalue weighted by atomic mass is 10.1. The topological polar surface area (TPSA) is 68.0 Å². The van der Waals surface area contributed by atoms with Crippen molar-refractivity contribution in [1.82, 2.24) is 4.98 Å². The molecule has 0 saturated carbocycles. The summed E-state index contributed by atoms with van der Waals surface area (Å²) >= 11 is 1.41. The van der Waals surface area contributed by atoms with Gasteiger partial charge in [-0.1, -0.05) is 12.1 Å². The standard InChI is InChI=1S/C10H9N3OS/c11-10-13-9(5-15-10)7-1-3-8(4-2-7)12-6-14/h1-6H,(H2,11,13)(H,12,14). The molecule has 0 aliphatic carbocycles. The van der Waals surface area contributed by atoms with E-state index in [0.717, 1.165) is 16.9 Å². The van der Waals surface area contributed by atoms with Crippen LogP contribution in [0.3, 0.4) is 0 Å². The Hall–Kier alpha value is -1.88. The van der Waals surface area contributed by atoms with Crippen molar-refractivity contribution in [3.8, 4) is 11.3 Å². The Morgan fingerprint density at radius 1 is 1.33 bits per heavy atom. The van der Waals surface area contributed by atoms with Crippen LogP contribution >= 0.6 is 11.3 Å². The largest absolute Gasteiger partial charge is 0.375 e. The normalized spacial score (nSPS) is 9.87. The molecule has 15 heavy (non-hydrogen) atoms. The third-order valence-electron chi connectivity index (χ3n) is 1.93. The van der Waals surface area contributed by atoms with Crippen molar-refractivity contribution in [1.29, 1.82) is 0 Å². The molecule has 0 unspecified atom stereocenters. The van der Waals surface area contributed by atoms with E-state index in [1.165, 1.54) is 11.3 Å². The van der Waals surface area contributed by atoms with Gasteiger partial charge in [-0.25, -0.2) is 4.98 Å². The summed E-state index contributed by atoms with van der Waals surface area (Å²) in [5, 5.41) is 5.02. The predicted octanol–water partition coefficient (Wildman–Crippen LogP) is 1.96. The van der Waals surface area contributed by atoms with E-state index in [1.807, 2.05) is 29.6 Å². The Bertz CT molecular complexity index is 464. The summed E-state index contributed by atoms with van der Waals surface area (Å²) in [7, 11) is 0. The fraction of sp³-hybridized carbons (Fsp3) is 0. The van der Waals surface area contributed by atoms with Crippen LogP contribution in [0.1, 0.15) is 0 Å². The third kappa shape index (κ3) is 2.13. The second kappa shape index (κ2) is 4.10. The van der Waals surface area contributed by atoms with Crippen LogP contribution in [0.2, 0.25) is 0 Å². The van der Waals surface area contributed by atoms with Crippen LogP contribution < -0.4 is 11.1 Å². The van der Waals surface area contributed by atoms with Crippen molar-refractivity contribution in [3.63, 3.8) is 0 Å². The van der Waals surface area contributed by atoms with Crippen LogP contribution in [0.15, 0.2) is 29.6 Å². The van der Waals surface area contributed by atoms with Gasteiger partial charge in [0.15, 0.2) is 5.13 Å². The molecule has 1 aromatic heterocycles. The highest BCUT2D eigenvalue weighted by molar-refractivity contribution is 7.13. The minimum atomic E-state index is 0.556. The van der Waals surface area contributed by atoms with E-state index in [-0.39, 0.29) is 0 Å². The first kappa shape index (κ1) is 9.67. The molecule has 1 heterocycles. The molecule has 5 heteroatoms. The summed E-state index contributed by atoms with van der Waals surface area (Å²) in [5.74, 6) is 0. The Balaban J connectivity index is 2.27. The van der Waals surface area contributed by atoms with Crippen molar-refractivity contribution >= 4 is 28.6 Å². The summed E-state index contributed by atoms with van der Waals surface area (Å²) in [6, 6.07) is 7.42. The van der Waals surface area contributed by atoms with Crippen molar-refractivity contribution < 1.29 is 4.79 Å². The van der Waals surface area contributed by atoms with Gasteiger partial charge in [0.2, 0.25) is 6.41 Å². The molecular weight excluding hydrogens is 210 g/mol. The Labute approximate surface area is 90.8 Å². The zero-order valence-electron chi connectivity index (χ0n) is 7.81. The van der Waals surface area contributed by atoms with E-state index in [4.69, 9.17) is 5.73 Å². The molecule has 3 N–H and O–H groups in total. The van der Waals surface area contributed by atoms with Crippen LogP contribution in [0, 0.1) is 0 Å². The smallest absolute Gasteiger partial charge is 0.211 e. The van der Waals surface area contributed by atoms with Crippen LogP contribution in [0.5, 0.6) is 0 Å². The zero-order chi connectivity index (χ0) is 10.7. The van der Waals surface area contributed by atoms with Gasteiger partial charge in [0.1, 0.15) is 0 Å². The molecule has 1 aromatic carbocycles. The maximum absolute atomic E-state index is 10.2. The third-order valence-corrected chi connectivity index (χ3v) is 2.60. The number of thiazole rings is 1. The van der Waals surface area contributed by atoms with Crippen LogP contribution in [-0.4, -0.2) is 11.4 Å². The quantitative estimate of drug-likeness (QED) is 0.775. The maximum atomic E-state index is 10.2. The van der Waals surface area contributed by atoms with E-state index in [9.17, 15) is 4.79 Å². The van der Waals surface area contributed by atoms with Gasteiger partial charge in [-0.3, -0.25) is 4.79 Å². The number of nitrogens with zero attached hydrogens (tertiary/aromatic N) is 1. The van der Waals surface area contributed by atoms with E-state index in [0.29, 0.717) is 11.5 Å². The highest BCUT2D eigenvalue weighted by Crippen LogP contribution is 2.24. The lowest BCUT2D eigenvalue weighted by Crippen LogP contribution is -1.92. The molecule has 0 fully saturated rings. The number of hydrogen-bond donors (Lipinski definition) is 2. The Kier molecular flexibility index (Phi) is 2.64. The monoisotopic (exact) mass is 219 g/mol. The average molecular weight is 219 g/mol. The molecule has 1 amide bonds. The van der Waals surface area contributed by atoms with Crippen LogP contribution in [0.4, 0.5) is 10.8 Å². The molecule has 0 spiro atoms. The first-order valence-electron chi connectivity index (χ1n) is 4.31. The van der Waals surface area contributed by atoms with Gasteiger partial charge >= 0.3 is 0 Å². The van der Waals surface area contributed by atoms with Crippen molar-refractivity contribution in [2.75, 3.05) is 11.1 Å². The molecule has 0 saturated heterocycles. The molecule has 2 rings (SSSR count). The number of carbonyl (C=O) groups excluding carboxylic acids is 1. The summed E-state index contributed by atoms with van der Waals surface area (Å²) in [5.41, 5.74) is 8.15. The van der Waals surface area contributed by atoms with Gasteiger partial charge in [-0.2, -0.15) is 0 Å². The average Bonchev–Trinajstić information content (AvgIpc) is 2.67. The van der Waals surface area contributed by atoms with Gasteiger partial charge in [-0.15, -0.1) is 11.3 Å². The number of hydrogen-bond acceptors (Lipinski definition) is 4. The highest BCUT2D eigenvalue weighted by atomic mass is 32.1. The summed E-state index contributed by atoms with van der Waals surface area (Å²) in [6.45, 7) is 0. The van der Waals surface area contributed by atoms with Gasteiger partial charge in [0.05, 0.1) is 5.69 Å². The molecule has 0 aliphatic rings.